The highest BCUT2D eigenvalue weighted by Crippen LogP contribution is 2.26. The minimum atomic E-state index is -0.794. The van der Waals surface area contributed by atoms with Crippen LogP contribution in [-0.4, -0.2) is 33.9 Å². The lowest BCUT2D eigenvalue weighted by Gasteiger charge is -2.19. The normalized spacial score (nSPS) is 16.5. The summed E-state index contributed by atoms with van der Waals surface area (Å²) in [5, 5.41) is 8.75. The molecule has 5 heteroatoms. The molecule has 1 aromatic rings. The average Bonchev–Trinajstić information content (AvgIpc) is 2.53. The van der Waals surface area contributed by atoms with E-state index in [1.807, 2.05) is 0 Å². The molecule has 0 bridgehead atoms. The van der Waals surface area contributed by atoms with Gasteiger partial charge < -0.3 is 5.11 Å². The van der Waals surface area contributed by atoms with Crippen LogP contribution in [0, 0.1) is 0 Å². The first-order valence-electron chi connectivity index (χ1n) is 4.88. The molecule has 0 spiro atoms. The average molecular weight is 240 g/mol. The Morgan fingerprint density at radius 2 is 1.69 bits per heavy atom. The van der Waals surface area contributed by atoms with Gasteiger partial charge in [0.25, 0.3) is 11.8 Å². The van der Waals surface area contributed by atoms with Crippen LogP contribution in [0.2, 0.25) is 0 Å². The Morgan fingerprint density at radius 1 is 1.19 bits per heavy atom. The van der Waals surface area contributed by atoms with Gasteiger partial charge in [-0.05, 0) is 12.1 Å². The number of aliphatic hydroxyl groups excluding tert-OH is 1. The summed E-state index contributed by atoms with van der Waals surface area (Å²) in [6.07, 6.45) is 0.174. The monoisotopic (exact) mass is 239 g/mol. The summed E-state index contributed by atoms with van der Waals surface area (Å²) >= 11 is 5.89. The highest BCUT2D eigenvalue weighted by atomic mass is 35.5. The number of carbonyl (C=O) groups excluding carboxylic acids is 2. The van der Waals surface area contributed by atoms with Gasteiger partial charge in [-0.2, -0.15) is 0 Å². The lowest BCUT2D eigenvalue weighted by atomic mass is 10.1. The van der Waals surface area contributed by atoms with Crippen LogP contribution in [0.5, 0.6) is 0 Å². The predicted octanol–water partition coefficient (Wildman–Crippen LogP) is 1.23. The Kier molecular flexibility index (Phi) is 2.94. The van der Waals surface area contributed by atoms with E-state index >= 15 is 0 Å². The standard InChI is InChI=1S/C11H10ClNO3/c12-9(5-6-14)13-10(15)7-3-1-2-4-8(7)11(13)16/h1-4,9,14H,5-6H2. The van der Waals surface area contributed by atoms with E-state index < -0.39 is 17.3 Å². The summed E-state index contributed by atoms with van der Waals surface area (Å²) in [7, 11) is 0. The topological polar surface area (TPSA) is 57.6 Å². The zero-order chi connectivity index (χ0) is 11.7. The van der Waals surface area contributed by atoms with E-state index in [0.29, 0.717) is 11.1 Å². The number of carbonyl (C=O) groups is 2. The fourth-order valence-corrected chi connectivity index (χ4v) is 1.97. The number of hydrogen-bond acceptors (Lipinski definition) is 3. The number of benzene rings is 1. The van der Waals surface area contributed by atoms with Crippen molar-refractivity contribution in [3.63, 3.8) is 0 Å². The third kappa shape index (κ3) is 1.60. The molecular weight excluding hydrogens is 230 g/mol. The van der Waals surface area contributed by atoms with Crippen molar-refractivity contribution in [3.8, 4) is 0 Å². The van der Waals surface area contributed by atoms with Gasteiger partial charge in [0.1, 0.15) is 5.50 Å². The summed E-state index contributed by atoms with van der Waals surface area (Å²) in [5.41, 5.74) is -0.0513. The van der Waals surface area contributed by atoms with E-state index in [1.165, 1.54) is 0 Å². The summed E-state index contributed by atoms with van der Waals surface area (Å²) in [4.78, 5) is 24.7. The molecule has 84 valence electrons. The van der Waals surface area contributed by atoms with Crippen molar-refractivity contribution in [2.75, 3.05) is 6.61 Å². The van der Waals surface area contributed by atoms with Crippen LogP contribution in [-0.2, 0) is 0 Å². The number of halogens is 1. The van der Waals surface area contributed by atoms with Crippen molar-refractivity contribution in [1.29, 1.82) is 0 Å². The van der Waals surface area contributed by atoms with E-state index in [9.17, 15) is 9.59 Å². The SMILES string of the molecule is O=C1c2ccccc2C(=O)N1C(Cl)CCO. The fourth-order valence-electron chi connectivity index (χ4n) is 1.70. The second kappa shape index (κ2) is 4.23. The number of aliphatic hydroxyl groups is 1. The van der Waals surface area contributed by atoms with E-state index in [-0.39, 0.29) is 13.0 Å². The second-order valence-corrected chi connectivity index (χ2v) is 3.98. The quantitative estimate of drug-likeness (QED) is 0.490. The van der Waals surface area contributed by atoms with Gasteiger partial charge in [-0.15, -0.1) is 0 Å². The third-order valence-electron chi connectivity index (χ3n) is 2.47. The third-order valence-corrected chi connectivity index (χ3v) is 2.89. The van der Waals surface area contributed by atoms with Gasteiger partial charge in [0, 0.05) is 13.0 Å². The molecule has 1 aromatic carbocycles. The number of alkyl halides is 1. The van der Waals surface area contributed by atoms with E-state index in [1.54, 1.807) is 24.3 Å². The van der Waals surface area contributed by atoms with Crippen LogP contribution >= 0.6 is 11.6 Å². The van der Waals surface area contributed by atoms with E-state index in [4.69, 9.17) is 16.7 Å². The van der Waals surface area contributed by atoms with E-state index in [0.717, 1.165) is 4.90 Å². The first-order valence-corrected chi connectivity index (χ1v) is 5.32. The zero-order valence-corrected chi connectivity index (χ0v) is 9.15. The molecule has 0 radical (unpaired) electrons. The molecule has 0 aliphatic carbocycles. The van der Waals surface area contributed by atoms with Crippen molar-refractivity contribution >= 4 is 23.4 Å². The van der Waals surface area contributed by atoms with Crippen molar-refractivity contribution < 1.29 is 14.7 Å². The minimum absolute atomic E-state index is 0.165. The molecule has 0 aromatic heterocycles. The molecule has 0 fully saturated rings. The summed E-state index contributed by atoms with van der Waals surface area (Å²) < 4.78 is 0. The van der Waals surface area contributed by atoms with Gasteiger partial charge in [0.15, 0.2) is 0 Å². The van der Waals surface area contributed by atoms with Crippen LogP contribution in [0.4, 0.5) is 0 Å². The number of amides is 2. The summed E-state index contributed by atoms with van der Waals surface area (Å²) in [6.45, 7) is -0.165. The lowest BCUT2D eigenvalue weighted by molar-refractivity contribution is 0.0620. The maximum absolute atomic E-state index is 11.9. The van der Waals surface area contributed by atoms with Crippen LogP contribution in [0.15, 0.2) is 24.3 Å². The molecule has 2 amide bonds. The molecule has 1 aliphatic heterocycles. The maximum Gasteiger partial charge on any atom is 0.262 e. The molecular formula is C11H10ClNO3. The Labute approximate surface area is 97.4 Å². The van der Waals surface area contributed by atoms with Gasteiger partial charge in [-0.1, -0.05) is 23.7 Å². The van der Waals surface area contributed by atoms with Gasteiger partial charge in [0.05, 0.1) is 11.1 Å². The molecule has 2 rings (SSSR count). The Morgan fingerprint density at radius 3 is 2.12 bits per heavy atom. The molecule has 1 N–H and O–H groups in total. The van der Waals surface area contributed by atoms with Crippen molar-refractivity contribution in [3.05, 3.63) is 35.4 Å². The highest BCUT2D eigenvalue weighted by Gasteiger charge is 2.38. The van der Waals surface area contributed by atoms with Crippen molar-refractivity contribution in [2.24, 2.45) is 0 Å². The number of rotatable bonds is 3. The minimum Gasteiger partial charge on any atom is -0.396 e. The summed E-state index contributed by atoms with van der Waals surface area (Å²) in [6, 6.07) is 6.59. The summed E-state index contributed by atoms with van der Waals surface area (Å²) in [5.74, 6) is -0.789. The van der Waals surface area contributed by atoms with Crippen LogP contribution in [0.1, 0.15) is 27.1 Å². The lowest BCUT2D eigenvalue weighted by Crippen LogP contribution is -2.36. The molecule has 4 nitrogen and oxygen atoms in total. The Hall–Kier alpha value is -1.39. The largest absolute Gasteiger partial charge is 0.396 e. The second-order valence-electron chi connectivity index (χ2n) is 3.47. The van der Waals surface area contributed by atoms with Crippen molar-refractivity contribution in [2.45, 2.75) is 11.9 Å². The smallest absolute Gasteiger partial charge is 0.262 e. The first kappa shape index (κ1) is 11.1. The number of nitrogens with zero attached hydrogens (tertiary/aromatic N) is 1. The molecule has 1 unspecified atom stereocenters. The zero-order valence-electron chi connectivity index (χ0n) is 8.39. The number of imide groups is 1. The number of hydrogen-bond donors (Lipinski definition) is 1. The molecule has 1 heterocycles. The molecule has 1 atom stereocenters. The van der Waals surface area contributed by atoms with Crippen LogP contribution in [0.3, 0.4) is 0 Å². The Bertz CT molecular complexity index is 412. The Balaban J connectivity index is 2.35. The highest BCUT2D eigenvalue weighted by molar-refractivity contribution is 6.28. The van der Waals surface area contributed by atoms with Crippen molar-refractivity contribution in [1.82, 2.24) is 4.90 Å². The number of fused-ring (bicyclic) bond motifs is 1. The van der Waals surface area contributed by atoms with Gasteiger partial charge in [0.2, 0.25) is 0 Å². The molecule has 0 saturated carbocycles. The molecule has 1 aliphatic rings. The molecule has 0 saturated heterocycles. The van der Waals surface area contributed by atoms with Crippen LogP contribution < -0.4 is 0 Å². The van der Waals surface area contributed by atoms with Gasteiger partial charge in [-0.25, -0.2) is 0 Å². The van der Waals surface area contributed by atoms with Gasteiger partial charge >= 0.3 is 0 Å². The maximum atomic E-state index is 11.9. The predicted molar refractivity (Wildman–Crippen MR) is 58.3 cm³/mol. The first-order chi connectivity index (χ1) is 7.66. The van der Waals surface area contributed by atoms with Crippen LogP contribution in [0.25, 0.3) is 0 Å². The van der Waals surface area contributed by atoms with Gasteiger partial charge in [-0.3, -0.25) is 14.5 Å². The fraction of sp³-hybridized carbons (Fsp3) is 0.273. The van der Waals surface area contributed by atoms with E-state index in [2.05, 4.69) is 0 Å². The molecule has 16 heavy (non-hydrogen) atoms.